The fraction of sp³-hybridized carbons (Fsp3) is 0.0769. The SMILES string of the molecule is CS(=O)(=O)c1cccc(S(=O)(=O)NC(=O)c2ccc(Cl)nc2)c1. The van der Waals surface area contributed by atoms with Gasteiger partial charge in [0.2, 0.25) is 0 Å². The first-order valence-corrected chi connectivity index (χ1v) is 9.84. The number of halogens is 1. The molecular formula is C13H11ClN2O5S2. The van der Waals surface area contributed by atoms with Crippen molar-refractivity contribution < 1.29 is 21.6 Å². The first-order chi connectivity index (χ1) is 10.6. The van der Waals surface area contributed by atoms with E-state index in [2.05, 4.69) is 4.98 Å². The summed E-state index contributed by atoms with van der Waals surface area (Å²) in [7, 11) is -7.80. The molecule has 0 fully saturated rings. The van der Waals surface area contributed by atoms with Crippen LogP contribution in [0.1, 0.15) is 10.4 Å². The number of carbonyl (C=O) groups excluding carboxylic acids is 1. The predicted molar refractivity (Wildman–Crippen MR) is 83.5 cm³/mol. The number of rotatable bonds is 4. The summed E-state index contributed by atoms with van der Waals surface area (Å²) in [5.74, 6) is -0.904. The molecule has 0 radical (unpaired) electrons. The number of hydrogen-bond acceptors (Lipinski definition) is 6. The number of amides is 1. The van der Waals surface area contributed by atoms with E-state index in [1.165, 1.54) is 30.3 Å². The zero-order chi connectivity index (χ0) is 17.3. The molecule has 1 aromatic carbocycles. The number of sulfone groups is 1. The second-order valence-electron chi connectivity index (χ2n) is 4.55. The van der Waals surface area contributed by atoms with Gasteiger partial charge in [0.15, 0.2) is 9.84 Å². The Morgan fingerprint density at radius 1 is 1.09 bits per heavy atom. The van der Waals surface area contributed by atoms with E-state index < -0.39 is 25.8 Å². The highest BCUT2D eigenvalue weighted by Crippen LogP contribution is 2.16. The van der Waals surface area contributed by atoms with Crippen LogP contribution in [0, 0.1) is 0 Å². The first-order valence-electron chi connectivity index (χ1n) is 6.08. The number of benzene rings is 1. The Balaban J connectivity index is 2.32. The molecule has 0 aliphatic heterocycles. The Morgan fingerprint density at radius 3 is 2.30 bits per heavy atom. The highest BCUT2D eigenvalue weighted by Gasteiger charge is 2.20. The van der Waals surface area contributed by atoms with Crippen molar-refractivity contribution in [3.05, 3.63) is 53.3 Å². The molecule has 1 aromatic heterocycles. The van der Waals surface area contributed by atoms with Crippen LogP contribution in [0.15, 0.2) is 52.4 Å². The fourth-order valence-electron chi connectivity index (χ4n) is 1.62. The number of carbonyl (C=O) groups is 1. The van der Waals surface area contributed by atoms with Gasteiger partial charge in [-0.3, -0.25) is 4.79 Å². The molecule has 2 rings (SSSR count). The van der Waals surface area contributed by atoms with Crippen molar-refractivity contribution >= 4 is 37.4 Å². The first kappa shape index (κ1) is 17.4. The van der Waals surface area contributed by atoms with Crippen LogP contribution in [-0.4, -0.2) is 34.0 Å². The van der Waals surface area contributed by atoms with Crippen LogP contribution >= 0.6 is 11.6 Å². The minimum atomic E-state index is -4.23. The molecule has 0 aliphatic rings. The Hall–Kier alpha value is -1.97. The smallest absolute Gasteiger partial charge is 0.266 e. The molecule has 0 saturated carbocycles. The van der Waals surface area contributed by atoms with Crippen LogP contribution in [0.3, 0.4) is 0 Å². The lowest BCUT2D eigenvalue weighted by Gasteiger charge is -2.08. The molecule has 1 amide bonds. The van der Waals surface area contributed by atoms with Crippen LogP contribution in [0.4, 0.5) is 0 Å². The maximum atomic E-state index is 12.2. The quantitative estimate of drug-likeness (QED) is 0.806. The molecular weight excluding hydrogens is 364 g/mol. The normalized spacial score (nSPS) is 11.9. The summed E-state index contributed by atoms with van der Waals surface area (Å²) in [4.78, 5) is 15.1. The molecule has 2 aromatic rings. The minimum Gasteiger partial charge on any atom is -0.268 e. The Morgan fingerprint density at radius 2 is 1.74 bits per heavy atom. The monoisotopic (exact) mass is 374 g/mol. The van der Waals surface area contributed by atoms with Crippen molar-refractivity contribution in [3.63, 3.8) is 0 Å². The van der Waals surface area contributed by atoms with Gasteiger partial charge in [0.1, 0.15) is 5.15 Å². The third kappa shape index (κ3) is 4.27. The zero-order valence-corrected chi connectivity index (χ0v) is 14.1. The molecule has 0 spiro atoms. The van der Waals surface area contributed by atoms with E-state index in [1.807, 2.05) is 4.72 Å². The van der Waals surface area contributed by atoms with Crippen molar-refractivity contribution in [3.8, 4) is 0 Å². The van der Waals surface area contributed by atoms with Crippen molar-refractivity contribution in [1.29, 1.82) is 0 Å². The van der Waals surface area contributed by atoms with Gasteiger partial charge in [0.25, 0.3) is 15.9 Å². The van der Waals surface area contributed by atoms with Gasteiger partial charge in [-0.2, -0.15) is 0 Å². The molecule has 0 bridgehead atoms. The van der Waals surface area contributed by atoms with E-state index in [-0.39, 0.29) is 20.5 Å². The second-order valence-corrected chi connectivity index (χ2v) is 8.64. The second kappa shape index (κ2) is 6.26. The molecule has 7 nitrogen and oxygen atoms in total. The predicted octanol–water partition coefficient (Wildman–Crippen LogP) is 1.26. The van der Waals surface area contributed by atoms with Crippen molar-refractivity contribution in [1.82, 2.24) is 9.71 Å². The van der Waals surface area contributed by atoms with Crippen molar-refractivity contribution in [2.45, 2.75) is 9.79 Å². The molecule has 1 heterocycles. The lowest BCUT2D eigenvalue weighted by molar-refractivity contribution is 0.0981. The molecule has 1 N–H and O–H groups in total. The Labute approximate surface area is 138 Å². The van der Waals surface area contributed by atoms with Crippen LogP contribution in [0.25, 0.3) is 0 Å². The number of pyridine rings is 1. The number of aromatic nitrogens is 1. The third-order valence-electron chi connectivity index (χ3n) is 2.76. The summed E-state index contributed by atoms with van der Waals surface area (Å²) in [5, 5.41) is 0.158. The highest BCUT2D eigenvalue weighted by atomic mass is 35.5. The van der Waals surface area contributed by atoms with Crippen LogP contribution in [0.5, 0.6) is 0 Å². The summed E-state index contributed by atoms with van der Waals surface area (Å²) in [6.45, 7) is 0. The minimum absolute atomic E-state index is 0.00255. The van der Waals surface area contributed by atoms with Gasteiger partial charge < -0.3 is 0 Å². The van der Waals surface area contributed by atoms with E-state index in [0.717, 1.165) is 18.5 Å². The maximum Gasteiger partial charge on any atom is 0.266 e. The molecule has 0 saturated heterocycles. The van der Waals surface area contributed by atoms with Crippen LogP contribution < -0.4 is 4.72 Å². The average Bonchev–Trinajstić information content (AvgIpc) is 2.46. The molecule has 0 atom stereocenters. The van der Waals surface area contributed by atoms with Crippen molar-refractivity contribution in [2.24, 2.45) is 0 Å². The standard InChI is InChI=1S/C13H11ClN2O5S2/c1-22(18,19)10-3-2-4-11(7-10)23(20,21)16-13(17)9-5-6-12(14)15-8-9/h2-8H,1H3,(H,16,17). The number of nitrogens with zero attached hydrogens (tertiary/aromatic N) is 1. The number of sulfonamides is 1. The van der Waals surface area contributed by atoms with E-state index >= 15 is 0 Å². The lowest BCUT2D eigenvalue weighted by Crippen LogP contribution is -2.30. The largest absolute Gasteiger partial charge is 0.268 e. The molecule has 23 heavy (non-hydrogen) atoms. The maximum absolute atomic E-state index is 12.2. The van der Waals surface area contributed by atoms with Crippen LogP contribution in [-0.2, 0) is 19.9 Å². The summed E-state index contributed by atoms with van der Waals surface area (Å²) < 4.78 is 49.2. The Kier molecular flexibility index (Phi) is 4.73. The number of hydrogen-bond donors (Lipinski definition) is 1. The topological polar surface area (TPSA) is 110 Å². The van der Waals surface area contributed by atoms with E-state index in [1.54, 1.807) is 0 Å². The summed E-state index contributed by atoms with van der Waals surface area (Å²) in [6, 6.07) is 7.36. The van der Waals surface area contributed by atoms with E-state index in [4.69, 9.17) is 11.6 Å². The van der Waals surface area contributed by atoms with Gasteiger partial charge in [-0.05, 0) is 30.3 Å². The van der Waals surface area contributed by atoms with E-state index in [9.17, 15) is 21.6 Å². The third-order valence-corrected chi connectivity index (χ3v) is 5.42. The number of nitrogens with one attached hydrogen (secondary N) is 1. The van der Waals surface area contributed by atoms with Gasteiger partial charge in [0.05, 0.1) is 15.4 Å². The highest BCUT2D eigenvalue weighted by molar-refractivity contribution is 7.91. The average molecular weight is 375 g/mol. The van der Waals surface area contributed by atoms with E-state index in [0.29, 0.717) is 0 Å². The summed E-state index contributed by atoms with van der Waals surface area (Å²) in [5.41, 5.74) is -0.00255. The van der Waals surface area contributed by atoms with Gasteiger partial charge in [-0.15, -0.1) is 0 Å². The summed E-state index contributed by atoms with van der Waals surface area (Å²) >= 11 is 5.59. The van der Waals surface area contributed by atoms with Gasteiger partial charge in [-0.25, -0.2) is 26.5 Å². The summed E-state index contributed by atoms with van der Waals surface area (Å²) in [6.07, 6.45) is 2.08. The Bertz CT molecular complexity index is 954. The van der Waals surface area contributed by atoms with Crippen LogP contribution in [0.2, 0.25) is 5.15 Å². The van der Waals surface area contributed by atoms with Gasteiger partial charge in [-0.1, -0.05) is 17.7 Å². The fourth-order valence-corrected chi connectivity index (χ4v) is 3.49. The molecule has 10 heteroatoms. The van der Waals surface area contributed by atoms with Gasteiger partial charge >= 0.3 is 0 Å². The lowest BCUT2D eigenvalue weighted by atomic mass is 10.3. The zero-order valence-electron chi connectivity index (χ0n) is 11.7. The molecule has 122 valence electrons. The van der Waals surface area contributed by atoms with Crippen molar-refractivity contribution in [2.75, 3.05) is 6.26 Å². The molecule has 0 aliphatic carbocycles. The molecule has 0 unspecified atom stereocenters. The van der Waals surface area contributed by atoms with Gasteiger partial charge in [0, 0.05) is 12.5 Å².